The van der Waals surface area contributed by atoms with Gasteiger partial charge < -0.3 is 18.7 Å². The summed E-state index contributed by atoms with van der Waals surface area (Å²) in [5.41, 5.74) is 2.24. The summed E-state index contributed by atoms with van der Waals surface area (Å²) in [7, 11) is 1.62. The van der Waals surface area contributed by atoms with Gasteiger partial charge in [0, 0.05) is 5.56 Å². The van der Waals surface area contributed by atoms with Crippen molar-refractivity contribution >= 4 is 22.7 Å². The normalized spacial score (nSPS) is 12.2. The van der Waals surface area contributed by atoms with Gasteiger partial charge in [-0.3, -0.25) is 9.36 Å². The van der Waals surface area contributed by atoms with Crippen molar-refractivity contribution < 1.29 is 18.7 Å². The number of nitrogens with zero attached hydrogens (tertiary/aromatic N) is 4. The first-order valence-corrected chi connectivity index (χ1v) is 12.1. The maximum absolute atomic E-state index is 13.4. The molecule has 0 amide bonds. The molecule has 0 atom stereocenters. The smallest absolute Gasteiger partial charge is 0.262 e. The number of ether oxygens (including phenoxy) is 3. The molecule has 5 aromatic rings. The number of methoxy groups -OCH3 is 1. The largest absolute Gasteiger partial charge is 0.497 e. The Morgan fingerprint density at radius 1 is 1.00 bits per heavy atom. The highest BCUT2D eigenvalue weighted by molar-refractivity contribution is 7.98. The first kappa shape index (κ1) is 22.2. The Balaban J connectivity index is 1.29. The first-order valence-electron chi connectivity index (χ1n) is 11.2. The summed E-state index contributed by atoms with van der Waals surface area (Å²) in [6.45, 7) is 0.524. The van der Waals surface area contributed by atoms with Crippen LogP contribution in [0.3, 0.4) is 0 Å². The van der Waals surface area contributed by atoms with Crippen LogP contribution in [0.25, 0.3) is 22.3 Å². The third-order valence-corrected chi connectivity index (χ3v) is 6.71. The molecule has 9 nitrogen and oxygen atoms in total. The topological polar surface area (TPSA) is 102 Å². The average molecular weight is 501 g/mol. The molecule has 0 aliphatic carbocycles. The molecule has 0 bridgehead atoms. The van der Waals surface area contributed by atoms with Gasteiger partial charge >= 0.3 is 0 Å². The second-order valence-electron chi connectivity index (χ2n) is 8.02. The molecule has 3 heterocycles. The lowest BCUT2D eigenvalue weighted by Gasteiger charge is -2.13. The molecule has 180 valence electrons. The van der Waals surface area contributed by atoms with Gasteiger partial charge in [0.25, 0.3) is 5.56 Å². The van der Waals surface area contributed by atoms with E-state index in [-0.39, 0.29) is 12.4 Å². The van der Waals surface area contributed by atoms with Crippen molar-refractivity contribution in [3.05, 3.63) is 88.5 Å². The SMILES string of the molecule is COc1ccc(-c2noc(CSc3nc4ccccc4c(=O)n3Cc3ccc4c(c3)OCO4)n2)cc1. The zero-order valence-electron chi connectivity index (χ0n) is 19.2. The molecule has 0 saturated heterocycles. The van der Waals surface area contributed by atoms with E-state index < -0.39 is 0 Å². The molecule has 10 heteroatoms. The number of rotatable bonds is 7. The van der Waals surface area contributed by atoms with Crippen molar-refractivity contribution in [2.75, 3.05) is 13.9 Å². The quantitative estimate of drug-likeness (QED) is 0.236. The predicted molar refractivity (Wildman–Crippen MR) is 134 cm³/mol. The minimum absolute atomic E-state index is 0.120. The molecule has 0 spiro atoms. The van der Waals surface area contributed by atoms with Crippen LogP contribution >= 0.6 is 11.8 Å². The van der Waals surface area contributed by atoms with Crippen LogP contribution in [0.4, 0.5) is 0 Å². The van der Waals surface area contributed by atoms with Gasteiger partial charge in [0.05, 0.1) is 30.3 Å². The third-order valence-electron chi connectivity index (χ3n) is 5.75. The van der Waals surface area contributed by atoms with Crippen LogP contribution in [-0.2, 0) is 12.3 Å². The highest BCUT2D eigenvalue weighted by Crippen LogP contribution is 2.33. The Morgan fingerprint density at radius 2 is 1.83 bits per heavy atom. The van der Waals surface area contributed by atoms with Gasteiger partial charge in [-0.2, -0.15) is 4.98 Å². The van der Waals surface area contributed by atoms with Gasteiger partial charge in [-0.15, -0.1) is 0 Å². The molecule has 2 aromatic heterocycles. The van der Waals surface area contributed by atoms with Gasteiger partial charge in [-0.1, -0.05) is 35.1 Å². The van der Waals surface area contributed by atoms with Crippen molar-refractivity contribution in [2.24, 2.45) is 0 Å². The molecular formula is C26H20N4O5S. The zero-order chi connectivity index (χ0) is 24.5. The van der Waals surface area contributed by atoms with Crippen molar-refractivity contribution in [1.29, 1.82) is 0 Å². The lowest BCUT2D eigenvalue weighted by molar-refractivity contribution is 0.174. The fraction of sp³-hybridized carbons (Fsp3) is 0.154. The molecule has 0 unspecified atom stereocenters. The van der Waals surface area contributed by atoms with Crippen LogP contribution in [0.2, 0.25) is 0 Å². The van der Waals surface area contributed by atoms with E-state index in [4.69, 9.17) is 23.7 Å². The number of fused-ring (bicyclic) bond motifs is 2. The Morgan fingerprint density at radius 3 is 2.69 bits per heavy atom. The van der Waals surface area contributed by atoms with Gasteiger partial charge in [0.1, 0.15) is 5.75 Å². The molecule has 0 saturated carbocycles. The number of hydrogen-bond donors (Lipinski definition) is 0. The van der Waals surface area contributed by atoms with Crippen molar-refractivity contribution in [1.82, 2.24) is 19.7 Å². The minimum atomic E-state index is -0.120. The van der Waals surface area contributed by atoms with Gasteiger partial charge in [0.15, 0.2) is 16.7 Å². The van der Waals surface area contributed by atoms with E-state index in [1.165, 1.54) is 11.8 Å². The predicted octanol–water partition coefficient (Wildman–Crippen LogP) is 4.52. The number of para-hydroxylation sites is 1. The van der Waals surface area contributed by atoms with E-state index in [9.17, 15) is 4.79 Å². The van der Waals surface area contributed by atoms with Crippen LogP contribution in [0.1, 0.15) is 11.5 Å². The minimum Gasteiger partial charge on any atom is -0.497 e. The Hall–Kier alpha value is -4.31. The van der Waals surface area contributed by atoms with E-state index in [0.29, 0.717) is 51.6 Å². The summed E-state index contributed by atoms with van der Waals surface area (Å²) in [6.07, 6.45) is 0. The zero-order valence-corrected chi connectivity index (χ0v) is 20.0. The van der Waals surface area contributed by atoms with E-state index in [1.807, 2.05) is 60.7 Å². The van der Waals surface area contributed by atoms with E-state index in [2.05, 4.69) is 10.1 Å². The maximum Gasteiger partial charge on any atom is 0.262 e. The summed E-state index contributed by atoms with van der Waals surface area (Å²) in [4.78, 5) is 22.7. The lowest BCUT2D eigenvalue weighted by Crippen LogP contribution is -2.24. The van der Waals surface area contributed by atoms with Crippen LogP contribution in [0, 0.1) is 0 Å². The molecular weight excluding hydrogens is 480 g/mol. The standard InChI is InChI=1S/C26H20N4O5S/c1-32-18-9-7-17(8-10-18)24-28-23(35-29-24)14-36-26-27-20-5-3-2-4-19(20)25(31)30(26)13-16-6-11-21-22(12-16)34-15-33-21/h2-12H,13-15H2,1H3. The van der Waals surface area contributed by atoms with E-state index in [0.717, 1.165) is 16.9 Å². The fourth-order valence-electron chi connectivity index (χ4n) is 3.92. The van der Waals surface area contributed by atoms with Crippen LogP contribution in [0.5, 0.6) is 17.2 Å². The maximum atomic E-state index is 13.4. The number of aromatic nitrogens is 4. The molecule has 0 radical (unpaired) electrons. The summed E-state index contributed by atoms with van der Waals surface area (Å²) in [5, 5.41) is 5.20. The van der Waals surface area contributed by atoms with Gasteiger partial charge in [0.2, 0.25) is 18.5 Å². The van der Waals surface area contributed by atoms with E-state index >= 15 is 0 Å². The number of hydrogen-bond acceptors (Lipinski definition) is 9. The second-order valence-corrected chi connectivity index (χ2v) is 8.96. The van der Waals surface area contributed by atoms with Crippen molar-refractivity contribution in [2.45, 2.75) is 17.5 Å². The summed E-state index contributed by atoms with van der Waals surface area (Å²) >= 11 is 1.37. The number of benzene rings is 3. The van der Waals surface area contributed by atoms with Gasteiger partial charge in [-0.25, -0.2) is 4.98 Å². The summed E-state index contributed by atoms with van der Waals surface area (Å²) < 4.78 is 23.2. The second kappa shape index (κ2) is 9.38. The fourth-order valence-corrected chi connectivity index (χ4v) is 4.75. The van der Waals surface area contributed by atoms with E-state index in [1.54, 1.807) is 17.7 Å². The monoisotopic (exact) mass is 500 g/mol. The van der Waals surface area contributed by atoms with Gasteiger partial charge in [-0.05, 0) is 54.1 Å². The lowest BCUT2D eigenvalue weighted by atomic mass is 10.2. The summed E-state index contributed by atoms with van der Waals surface area (Å²) in [5.74, 6) is 3.39. The molecule has 1 aliphatic rings. The highest BCUT2D eigenvalue weighted by atomic mass is 32.2. The van der Waals surface area contributed by atoms with Crippen LogP contribution in [-0.4, -0.2) is 33.6 Å². The molecule has 1 aliphatic heterocycles. The van der Waals surface area contributed by atoms with Crippen molar-refractivity contribution in [3.63, 3.8) is 0 Å². The average Bonchev–Trinajstić information content (AvgIpc) is 3.59. The molecule has 0 fully saturated rings. The third kappa shape index (κ3) is 4.27. The molecule has 3 aromatic carbocycles. The number of thioether (sulfide) groups is 1. The molecule has 6 rings (SSSR count). The Kier molecular flexibility index (Phi) is 5.78. The van der Waals surface area contributed by atoms with Crippen molar-refractivity contribution in [3.8, 4) is 28.6 Å². The highest BCUT2D eigenvalue weighted by Gasteiger charge is 2.17. The Labute approximate surface area is 209 Å². The van der Waals surface area contributed by atoms with Crippen LogP contribution < -0.4 is 19.8 Å². The Bertz CT molecular complexity index is 1610. The summed E-state index contributed by atoms with van der Waals surface area (Å²) in [6, 6.07) is 20.4. The molecule has 36 heavy (non-hydrogen) atoms. The molecule has 0 N–H and O–H groups in total. The first-order chi connectivity index (χ1) is 17.7. The van der Waals surface area contributed by atoms with Crippen LogP contribution in [0.15, 0.2) is 81.2 Å².